The van der Waals surface area contributed by atoms with Gasteiger partial charge in [-0.05, 0) is 30.3 Å². The summed E-state index contributed by atoms with van der Waals surface area (Å²) in [6, 6.07) is 9.68. The van der Waals surface area contributed by atoms with E-state index in [1.165, 1.54) is 12.1 Å². The number of rotatable bonds is 3. The minimum Gasteiger partial charge on any atom is -0.340 e. The van der Waals surface area contributed by atoms with Crippen LogP contribution in [0.2, 0.25) is 0 Å². The summed E-state index contributed by atoms with van der Waals surface area (Å²) in [5, 5.41) is 7.52. The first kappa shape index (κ1) is 17.1. The van der Waals surface area contributed by atoms with E-state index in [1.54, 1.807) is 30.3 Å². The van der Waals surface area contributed by atoms with Crippen LogP contribution >= 0.6 is 15.9 Å². The van der Waals surface area contributed by atoms with Crippen LogP contribution in [-0.2, 0) is 9.59 Å². The maximum atomic E-state index is 13.8. The van der Waals surface area contributed by atoms with Crippen molar-refractivity contribution in [2.45, 2.75) is 12.5 Å². The fourth-order valence-electron chi connectivity index (χ4n) is 2.43. The van der Waals surface area contributed by atoms with Gasteiger partial charge in [-0.1, -0.05) is 28.1 Å². The van der Waals surface area contributed by atoms with Gasteiger partial charge in [-0.2, -0.15) is 0 Å². The predicted molar refractivity (Wildman–Crippen MR) is 93.7 cm³/mol. The number of hydrogen-bond donors (Lipinski definition) is 3. The Morgan fingerprint density at radius 2 is 1.96 bits per heavy atom. The predicted octanol–water partition coefficient (Wildman–Crippen LogP) is 2.67. The summed E-state index contributed by atoms with van der Waals surface area (Å²) in [6.45, 7) is 0. The van der Waals surface area contributed by atoms with Crippen LogP contribution in [0.15, 0.2) is 46.9 Å². The van der Waals surface area contributed by atoms with Crippen molar-refractivity contribution in [1.82, 2.24) is 5.32 Å². The Balaban J connectivity index is 1.71. The molecule has 25 heavy (non-hydrogen) atoms. The Bertz CT molecular complexity index is 872. The topological polar surface area (TPSA) is 87.3 Å². The molecular formula is C17H13BrFN3O3. The second-order valence-electron chi connectivity index (χ2n) is 5.44. The molecule has 1 heterocycles. The van der Waals surface area contributed by atoms with Crippen LogP contribution in [-0.4, -0.2) is 23.8 Å². The minimum absolute atomic E-state index is 0.00292. The van der Waals surface area contributed by atoms with Gasteiger partial charge in [0.1, 0.15) is 11.9 Å². The van der Waals surface area contributed by atoms with Crippen molar-refractivity contribution < 1.29 is 18.8 Å². The zero-order valence-corrected chi connectivity index (χ0v) is 14.4. The molecule has 1 aliphatic rings. The SMILES string of the molecule is O=C(C[C@H]1NC(=O)c2ccccc2NC1=O)Nc1ccc(Br)cc1F. The van der Waals surface area contributed by atoms with Gasteiger partial charge in [0.2, 0.25) is 11.8 Å². The van der Waals surface area contributed by atoms with Crippen LogP contribution in [0, 0.1) is 5.82 Å². The average molecular weight is 406 g/mol. The summed E-state index contributed by atoms with van der Waals surface area (Å²) >= 11 is 3.13. The number of anilines is 2. The highest BCUT2D eigenvalue weighted by molar-refractivity contribution is 9.10. The molecule has 0 fully saturated rings. The molecular weight excluding hydrogens is 393 g/mol. The van der Waals surface area contributed by atoms with Crippen LogP contribution in [0.25, 0.3) is 0 Å². The lowest BCUT2D eigenvalue weighted by molar-refractivity contribution is -0.122. The van der Waals surface area contributed by atoms with Crippen molar-refractivity contribution >= 4 is 45.0 Å². The Morgan fingerprint density at radius 1 is 1.20 bits per heavy atom. The summed E-state index contributed by atoms with van der Waals surface area (Å²) < 4.78 is 14.3. The number of fused-ring (bicyclic) bond motifs is 1. The fourth-order valence-corrected chi connectivity index (χ4v) is 2.77. The van der Waals surface area contributed by atoms with Gasteiger partial charge in [0.05, 0.1) is 23.4 Å². The number of para-hydroxylation sites is 1. The third kappa shape index (κ3) is 3.85. The molecule has 128 valence electrons. The van der Waals surface area contributed by atoms with Crippen molar-refractivity contribution in [3.63, 3.8) is 0 Å². The van der Waals surface area contributed by atoms with E-state index in [4.69, 9.17) is 0 Å². The summed E-state index contributed by atoms with van der Waals surface area (Å²) in [6.07, 6.45) is -0.318. The summed E-state index contributed by atoms with van der Waals surface area (Å²) in [4.78, 5) is 36.6. The number of hydrogen-bond acceptors (Lipinski definition) is 3. The molecule has 3 amide bonds. The van der Waals surface area contributed by atoms with Gasteiger partial charge in [-0.3, -0.25) is 14.4 Å². The number of carbonyl (C=O) groups excluding carboxylic acids is 3. The van der Waals surface area contributed by atoms with Gasteiger partial charge >= 0.3 is 0 Å². The Kier molecular flexibility index (Phi) is 4.80. The molecule has 1 atom stereocenters. The van der Waals surface area contributed by atoms with Gasteiger partial charge in [-0.25, -0.2) is 4.39 Å². The lowest BCUT2D eigenvalue weighted by Crippen LogP contribution is -2.43. The third-order valence-electron chi connectivity index (χ3n) is 3.65. The zero-order chi connectivity index (χ0) is 18.0. The smallest absolute Gasteiger partial charge is 0.254 e. The first-order chi connectivity index (χ1) is 11.9. The molecule has 0 aliphatic carbocycles. The Hall–Kier alpha value is -2.74. The lowest BCUT2D eigenvalue weighted by atomic mass is 10.1. The lowest BCUT2D eigenvalue weighted by Gasteiger charge is -2.14. The highest BCUT2D eigenvalue weighted by Crippen LogP contribution is 2.21. The first-order valence-corrected chi connectivity index (χ1v) is 8.19. The number of nitrogens with one attached hydrogen (secondary N) is 3. The monoisotopic (exact) mass is 405 g/mol. The Morgan fingerprint density at radius 3 is 2.72 bits per heavy atom. The standard InChI is InChI=1S/C17H13BrFN3O3/c18-9-5-6-13(11(19)7-9)20-15(23)8-14-17(25)21-12-4-2-1-3-10(12)16(24)22-14/h1-7,14H,8H2,(H,20,23)(H,21,25)(H,22,24)/t14-/m1/s1. The van der Waals surface area contributed by atoms with Crippen molar-refractivity contribution in [2.75, 3.05) is 10.6 Å². The largest absolute Gasteiger partial charge is 0.340 e. The number of amides is 3. The molecule has 0 radical (unpaired) electrons. The number of benzene rings is 2. The first-order valence-electron chi connectivity index (χ1n) is 7.39. The molecule has 3 N–H and O–H groups in total. The van der Waals surface area contributed by atoms with E-state index in [1.807, 2.05) is 0 Å². The van der Waals surface area contributed by atoms with Crippen LogP contribution < -0.4 is 16.0 Å². The second kappa shape index (κ2) is 7.02. The van der Waals surface area contributed by atoms with Crippen molar-refractivity contribution in [2.24, 2.45) is 0 Å². The van der Waals surface area contributed by atoms with E-state index < -0.39 is 29.6 Å². The van der Waals surface area contributed by atoms with Crippen molar-refractivity contribution in [3.05, 3.63) is 58.3 Å². The molecule has 0 saturated carbocycles. The summed E-state index contributed by atoms with van der Waals surface area (Å²) in [5.41, 5.74) is 0.696. The fraction of sp³-hybridized carbons (Fsp3) is 0.118. The molecule has 0 unspecified atom stereocenters. The van der Waals surface area contributed by atoms with E-state index in [0.29, 0.717) is 15.7 Å². The third-order valence-corrected chi connectivity index (χ3v) is 4.14. The molecule has 1 aliphatic heterocycles. The van der Waals surface area contributed by atoms with Crippen LogP contribution in [0.4, 0.5) is 15.8 Å². The van der Waals surface area contributed by atoms with Gasteiger partial charge in [0.15, 0.2) is 0 Å². The van der Waals surface area contributed by atoms with E-state index in [9.17, 15) is 18.8 Å². The molecule has 8 heteroatoms. The van der Waals surface area contributed by atoms with Crippen molar-refractivity contribution in [1.29, 1.82) is 0 Å². The molecule has 6 nitrogen and oxygen atoms in total. The molecule has 0 spiro atoms. The van der Waals surface area contributed by atoms with Crippen LogP contribution in [0.3, 0.4) is 0 Å². The minimum atomic E-state index is -1.06. The van der Waals surface area contributed by atoms with Gasteiger partial charge in [-0.15, -0.1) is 0 Å². The van der Waals surface area contributed by atoms with Gasteiger partial charge < -0.3 is 16.0 Å². The van der Waals surface area contributed by atoms with E-state index >= 15 is 0 Å². The van der Waals surface area contributed by atoms with Gasteiger partial charge in [0.25, 0.3) is 5.91 Å². The molecule has 0 bridgehead atoms. The van der Waals surface area contributed by atoms with E-state index in [0.717, 1.165) is 0 Å². The molecule has 0 saturated heterocycles. The normalized spacial score (nSPS) is 16.3. The number of carbonyl (C=O) groups is 3. The summed E-state index contributed by atoms with van der Waals surface area (Å²) in [5.74, 6) is -2.16. The Labute approximate surface area is 150 Å². The maximum absolute atomic E-state index is 13.8. The summed E-state index contributed by atoms with van der Waals surface area (Å²) in [7, 11) is 0. The molecule has 2 aromatic carbocycles. The van der Waals surface area contributed by atoms with Gasteiger partial charge in [0, 0.05) is 4.47 Å². The van der Waals surface area contributed by atoms with Crippen LogP contribution in [0.1, 0.15) is 16.8 Å². The highest BCUT2D eigenvalue weighted by atomic mass is 79.9. The molecule has 2 aromatic rings. The maximum Gasteiger partial charge on any atom is 0.254 e. The number of halogens is 2. The average Bonchev–Trinajstić information content (AvgIpc) is 2.68. The quantitative estimate of drug-likeness (QED) is 0.733. The second-order valence-corrected chi connectivity index (χ2v) is 6.35. The van der Waals surface area contributed by atoms with Crippen molar-refractivity contribution in [3.8, 4) is 0 Å². The van der Waals surface area contributed by atoms with E-state index in [-0.39, 0.29) is 12.1 Å². The van der Waals surface area contributed by atoms with E-state index in [2.05, 4.69) is 31.9 Å². The molecule has 0 aromatic heterocycles. The van der Waals surface area contributed by atoms with Crippen LogP contribution in [0.5, 0.6) is 0 Å². The highest BCUT2D eigenvalue weighted by Gasteiger charge is 2.29. The molecule has 3 rings (SSSR count). The zero-order valence-electron chi connectivity index (χ0n) is 12.8.